The van der Waals surface area contributed by atoms with Crippen molar-refractivity contribution in [3.63, 3.8) is 0 Å². The Morgan fingerprint density at radius 1 is 1.50 bits per heavy atom. The highest BCUT2D eigenvalue weighted by Gasteiger charge is 2.18. The van der Waals surface area contributed by atoms with Gasteiger partial charge < -0.3 is 16.0 Å². The van der Waals surface area contributed by atoms with Crippen LogP contribution in [0.5, 0.6) is 0 Å². The van der Waals surface area contributed by atoms with E-state index in [-0.39, 0.29) is 5.91 Å². The summed E-state index contributed by atoms with van der Waals surface area (Å²) in [7, 11) is 0. The average Bonchev–Trinajstić information content (AvgIpc) is 2.53. The second kappa shape index (κ2) is 6.38. The van der Waals surface area contributed by atoms with E-state index in [1.807, 2.05) is 18.2 Å². The summed E-state index contributed by atoms with van der Waals surface area (Å²) in [6.45, 7) is 5.48. The molecule has 2 heterocycles. The molecule has 0 spiro atoms. The topological polar surface area (TPSA) is 70.7 Å². The Labute approximate surface area is 131 Å². The second-order valence-electron chi connectivity index (χ2n) is 6.37. The predicted octanol–water partition coefficient (Wildman–Crippen LogP) is 1.52. The maximum absolute atomic E-state index is 11.9. The largest absolute Gasteiger partial charge is 0.370 e. The van der Waals surface area contributed by atoms with Crippen LogP contribution in [-0.4, -0.2) is 36.4 Å². The number of benzene rings is 1. The zero-order valence-corrected chi connectivity index (χ0v) is 13.1. The van der Waals surface area contributed by atoms with Gasteiger partial charge in [-0.05, 0) is 42.4 Å². The van der Waals surface area contributed by atoms with E-state index in [1.54, 1.807) is 0 Å². The Hall–Kier alpha value is -2.04. The normalized spacial score (nSPS) is 22.2. The van der Waals surface area contributed by atoms with Crippen LogP contribution in [0.1, 0.15) is 41.3 Å². The van der Waals surface area contributed by atoms with Crippen molar-refractivity contribution >= 4 is 11.9 Å². The van der Waals surface area contributed by atoms with Gasteiger partial charge in [-0.1, -0.05) is 19.1 Å². The molecule has 1 fully saturated rings. The Morgan fingerprint density at radius 2 is 2.36 bits per heavy atom. The number of hydrogen-bond donors (Lipinski definition) is 2. The third kappa shape index (κ3) is 3.24. The number of carbonyl (C=O) groups excluding carboxylic acids is 1. The smallest absolute Gasteiger partial charge is 0.251 e. The van der Waals surface area contributed by atoms with Crippen molar-refractivity contribution in [3.05, 3.63) is 34.9 Å². The molecular weight excluding hydrogens is 276 g/mol. The van der Waals surface area contributed by atoms with Crippen LogP contribution in [0.4, 0.5) is 0 Å². The van der Waals surface area contributed by atoms with Gasteiger partial charge in [0.05, 0.1) is 6.54 Å². The number of nitrogens with one attached hydrogen (secondary N) is 1. The van der Waals surface area contributed by atoms with Crippen molar-refractivity contribution in [2.45, 2.75) is 32.7 Å². The zero-order valence-electron chi connectivity index (χ0n) is 13.1. The maximum Gasteiger partial charge on any atom is 0.251 e. The number of fused-ring (bicyclic) bond motifs is 1. The van der Waals surface area contributed by atoms with E-state index in [4.69, 9.17) is 5.73 Å². The summed E-state index contributed by atoms with van der Waals surface area (Å²) in [5, 5.41) is 2.88. The standard InChI is InChI=1S/C17H24N4O/c1-12-3-2-8-21(11-12)17(18)20-10-13-4-5-14-6-7-19-16(22)15(14)9-13/h4-5,9,12H,2-3,6-8,10-11H2,1H3,(H2,18,20)(H,19,22). The minimum absolute atomic E-state index is 0.0184. The maximum atomic E-state index is 11.9. The molecule has 1 unspecified atom stereocenters. The summed E-state index contributed by atoms with van der Waals surface area (Å²) >= 11 is 0. The SMILES string of the molecule is CC1CCCN(C(N)=NCc2ccc3c(c2)C(=O)NCC3)C1. The van der Waals surface area contributed by atoms with Crippen LogP contribution in [0.3, 0.4) is 0 Å². The number of nitrogens with two attached hydrogens (primary N) is 1. The lowest BCUT2D eigenvalue weighted by atomic mass is 9.98. The molecule has 1 amide bonds. The number of piperidine rings is 1. The third-order valence-electron chi connectivity index (χ3n) is 4.50. The van der Waals surface area contributed by atoms with Crippen LogP contribution in [-0.2, 0) is 13.0 Å². The highest BCUT2D eigenvalue weighted by atomic mass is 16.1. The highest BCUT2D eigenvalue weighted by molar-refractivity contribution is 5.96. The Balaban J connectivity index is 1.69. The van der Waals surface area contributed by atoms with Crippen LogP contribution in [0.25, 0.3) is 0 Å². The van der Waals surface area contributed by atoms with Gasteiger partial charge in [0.15, 0.2) is 5.96 Å². The van der Waals surface area contributed by atoms with Crippen LogP contribution in [0.15, 0.2) is 23.2 Å². The molecule has 1 aromatic rings. The number of likely N-dealkylation sites (tertiary alicyclic amines) is 1. The fourth-order valence-electron chi connectivity index (χ4n) is 3.23. The van der Waals surface area contributed by atoms with Crippen molar-refractivity contribution in [2.75, 3.05) is 19.6 Å². The minimum Gasteiger partial charge on any atom is -0.370 e. The van der Waals surface area contributed by atoms with Crippen molar-refractivity contribution in [1.82, 2.24) is 10.2 Å². The first kappa shape index (κ1) is 14.9. The fourth-order valence-corrected chi connectivity index (χ4v) is 3.23. The van der Waals surface area contributed by atoms with Crippen LogP contribution < -0.4 is 11.1 Å². The Morgan fingerprint density at radius 3 is 3.18 bits per heavy atom. The summed E-state index contributed by atoms with van der Waals surface area (Å²) in [6.07, 6.45) is 3.35. The number of rotatable bonds is 2. The van der Waals surface area contributed by atoms with E-state index in [2.05, 4.69) is 22.1 Å². The van der Waals surface area contributed by atoms with Crippen molar-refractivity contribution in [3.8, 4) is 0 Å². The lowest BCUT2D eigenvalue weighted by Gasteiger charge is -2.31. The molecule has 3 rings (SSSR count). The summed E-state index contributed by atoms with van der Waals surface area (Å²) < 4.78 is 0. The third-order valence-corrected chi connectivity index (χ3v) is 4.50. The minimum atomic E-state index is 0.0184. The van der Waals surface area contributed by atoms with E-state index < -0.39 is 0 Å². The van der Waals surface area contributed by atoms with Gasteiger partial charge in [-0.2, -0.15) is 0 Å². The van der Waals surface area contributed by atoms with Crippen LogP contribution in [0, 0.1) is 5.92 Å². The summed E-state index contributed by atoms with van der Waals surface area (Å²) in [4.78, 5) is 18.6. The number of guanidine groups is 1. The fraction of sp³-hybridized carbons (Fsp3) is 0.529. The molecule has 2 aliphatic heterocycles. The van der Waals surface area contributed by atoms with Gasteiger partial charge in [-0.3, -0.25) is 4.79 Å². The van der Waals surface area contributed by atoms with Crippen molar-refractivity contribution in [1.29, 1.82) is 0 Å². The molecule has 22 heavy (non-hydrogen) atoms. The first-order valence-corrected chi connectivity index (χ1v) is 8.08. The molecule has 0 saturated carbocycles. The van der Waals surface area contributed by atoms with E-state index >= 15 is 0 Å². The molecule has 1 saturated heterocycles. The molecule has 5 heteroatoms. The van der Waals surface area contributed by atoms with Gasteiger partial charge >= 0.3 is 0 Å². The lowest BCUT2D eigenvalue weighted by molar-refractivity contribution is 0.0946. The number of carbonyl (C=O) groups is 1. The predicted molar refractivity (Wildman–Crippen MR) is 87.8 cm³/mol. The molecule has 118 valence electrons. The molecule has 0 aromatic heterocycles. The van der Waals surface area contributed by atoms with E-state index in [9.17, 15) is 4.79 Å². The number of aliphatic imine (C=N–C) groups is 1. The molecule has 2 aliphatic rings. The van der Waals surface area contributed by atoms with Gasteiger partial charge in [0.2, 0.25) is 0 Å². The first-order chi connectivity index (χ1) is 10.6. The quantitative estimate of drug-likeness (QED) is 0.642. The Kier molecular flexibility index (Phi) is 4.32. The summed E-state index contributed by atoms with van der Waals surface area (Å²) in [5.74, 6) is 1.31. The van der Waals surface area contributed by atoms with Crippen LogP contribution >= 0.6 is 0 Å². The van der Waals surface area contributed by atoms with Crippen molar-refractivity contribution < 1.29 is 4.79 Å². The van der Waals surface area contributed by atoms with Gasteiger partial charge in [0.25, 0.3) is 5.91 Å². The monoisotopic (exact) mass is 300 g/mol. The van der Waals surface area contributed by atoms with Gasteiger partial charge in [0, 0.05) is 25.2 Å². The molecule has 0 radical (unpaired) electrons. The summed E-state index contributed by atoms with van der Waals surface area (Å²) in [6, 6.07) is 6.03. The van der Waals surface area contributed by atoms with E-state index in [1.165, 1.54) is 12.8 Å². The van der Waals surface area contributed by atoms with Crippen molar-refractivity contribution in [2.24, 2.45) is 16.6 Å². The molecule has 3 N–H and O–H groups in total. The lowest BCUT2D eigenvalue weighted by Crippen LogP contribution is -2.43. The average molecular weight is 300 g/mol. The second-order valence-corrected chi connectivity index (χ2v) is 6.37. The van der Waals surface area contributed by atoms with Crippen LogP contribution in [0.2, 0.25) is 0 Å². The first-order valence-electron chi connectivity index (χ1n) is 8.08. The van der Waals surface area contributed by atoms with Gasteiger partial charge in [0.1, 0.15) is 0 Å². The highest BCUT2D eigenvalue weighted by Crippen LogP contribution is 2.17. The number of hydrogen-bond acceptors (Lipinski definition) is 2. The number of nitrogens with zero attached hydrogens (tertiary/aromatic N) is 2. The summed E-state index contributed by atoms with van der Waals surface area (Å²) in [5.41, 5.74) is 9.05. The van der Waals surface area contributed by atoms with E-state index in [0.29, 0.717) is 18.4 Å². The molecule has 1 aromatic carbocycles. The number of amides is 1. The zero-order chi connectivity index (χ0) is 15.5. The molecule has 0 aliphatic carbocycles. The molecular formula is C17H24N4O. The van der Waals surface area contributed by atoms with Gasteiger partial charge in [-0.25, -0.2) is 4.99 Å². The molecule has 5 nitrogen and oxygen atoms in total. The van der Waals surface area contributed by atoms with E-state index in [0.717, 1.165) is 42.7 Å². The molecule has 1 atom stereocenters. The van der Waals surface area contributed by atoms with Gasteiger partial charge in [-0.15, -0.1) is 0 Å². The Bertz CT molecular complexity index is 596. The molecule has 0 bridgehead atoms.